The Bertz CT molecular complexity index is 480. The molecule has 0 saturated heterocycles. The molecule has 116 valence electrons. The van der Waals surface area contributed by atoms with E-state index in [0.29, 0.717) is 16.7 Å². The zero-order valence-corrected chi connectivity index (χ0v) is 14.4. The number of nitrogens with one attached hydrogen (secondary N) is 1. The number of rotatable bonds is 10. The number of hydrogen-bond acceptors (Lipinski definition) is 3. The van der Waals surface area contributed by atoms with Crippen LogP contribution in [0.5, 0.6) is 0 Å². The molecule has 1 aromatic heterocycles. The van der Waals surface area contributed by atoms with Crippen LogP contribution in [0.15, 0.2) is 16.3 Å². The Balaban J connectivity index is 2.59. The van der Waals surface area contributed by atoms with Crippen LogP contribution >= 0.6 is 11.3 Å². The second-order valence-electron chi connectivity index (χ2n) is 5.24. The lowest BCUT2D eigenvalue weighted by Gasteiger charge is -2.14. The van der Waals surface area contributed by atoms with Crippen LogP contribution in [-0.2, 0) is 16.4 Å². The van der Waals surface area contributed by atoms with Crippen LogP contribution in [0.25, 0.3) is 0 Å². The fourth-order valence-electron chi connectivity index (χ4n) is 2.13. The number of thiophene rings is 1. The van der Waals surface area contributed by atoms with Gasteiger partial charge < -0.3 is 0 Å². The molecule has 0 spiro atoms. The first kappa shape index (κ1) is 17.7. The highest BCUT2D eigenvalue weighted by Gasteiger charge is 2.18. The first-order valence-corrected chi connectivity index (χ1v) is 9.91. The molecule has 0 saturated carbocycles. The van der Waals surface area contributed by atoms with Crippen molar-refractivity contribution in [1.29, 1.82) is 0 Å². The lowest BCUT2D eigenvalue weighted by Crippen LogP contribution is -2.28. The van der Waals surface area contributed by atoms with Gasteiger partial charge in [-0.2, -0.15) is 0 Å². The van der Waals surface area contributed by atoms with Crippen LogP contribution in [-0.4, -0.2) is 15.0 Å². The van der Waals surface area contributed by atoms with Gasteiger partial charge in [0.25, 0.3) is 0 Å². The Morgan fingerprint density at radius 1 is 1.20 bits per heavy atom. The molecule has 0 fully saturated rings. The summed E-state index contributed by atoms with van der Waals surface area (Å²) < 4.78 is 27.7. The molecule has 20 heavy (non-hydrogen) atoms. The van der Waals surface area contributed by atoms with Crippen molar-refractivity contribution in [3.8, 4) is 0 Å². The summed E-state index contributed by atoms with van der Waals surface area (Å²) in [5, 5.41) is 0. The topological polar surface area (TPSA) is 46.2 Å². The van der Waals surface area contributed by atoms with Crippen molar-refractivity contribution in [2.75, 3.05) is 6.54 Å². The molecule has 0 bridgehead atoms. The minimum atomic E-state index is -3.32. The molecule has 0 radical (unpaired) electrons. The third-order valence-electron chi connectivity index (χ3n) is 3.50. The van der Waals surface area contributed by atoms with Gasteiger partial charge in [0.1, 0.15) is 4.21 Å². The van der Waals surface area contributed by atoms with Gasteiger partial charge in [-0.15, -0.1) is 11.3 Å². The summed E-state index contributed by atoms with van der Waals surface area (Å²) in [4.78, 5) is 1.14. The zero-order valence-electron chi connectivity index (χ0n) is 12.8. The molecule has 1 aromatic rings. The number of sulfonamides is 1. The molecule has 0 aliphatic rings. The standard InChI is InChI=1S/C15H27NO2S2/c1-4-7-9-13(6-3)12-16-20(17,18)15-11-10-14(19-15)8-5-2/h10-11,13,16H,4-9,12H2,1-3H3. The average molecular weight is 318 g/mol. The van der Waals surface area contributed by atoms with E-state index in [-0.39, 0.29) is 0 Å². The highest BCUT2D eigenvalue weighted by Crippen LogP contribution is 2.23. The Labute approximate surface area is 127 Å². The van der Waals surface area contributed by atoms with E-state index in [0.717, 1.165) is 37.0 Å². The Morgan fingerprint density at radius 2 is 1.95 bits per heavy atom. The van der Waals surface area contributed by atoms with E-state index < -0.39 is 10.0 Å². The van der Waals surface area contributed by atoms with Gasteiger partial charge in [0.15, 0.2) is 0 Å². The van der Waals surface area contributed by atoms with Crippen molar-refractivity contribution < 1.29 is 8.42 Å². The quantitative estimate of drug-likeness (QED) is 0.703. The second kappa shape index (κ2) is 8.80. The van der Waals surface area contributed by atoms with Crippen molar-refractivity contribution in [1.82, 2.24) is 4.72 Å². The summed E-state index contributed by atoms with van der Waals surface area (Å²) in [6.07, 6.45) is 6.44. The molecule has 0 aromatic carbocycles. The maximum absolute atomic E-state index is 12.2. The van der Waals surface area contributed by atoms with Gasteiger partial charge in [-0.25, -0.2) is 13.1 Å². The largest absolute Gasteiger partial charge is 0.250 e. The predicted octanol–water partition coefficient (Wildman–Crippen LogP) is 4.20. The average Bonchev–Trinajstić information content (AvgIpc) is 2.89. The minimum Gasteiger partial charge on any atom is -0.210 e. The SMILES string of the molecule is CCCCC(CC)CNS(=O)(=O)c1ccc(CCC)s1. The maximum Gasteiger partial charge on any atom is 0.250 e. The normalized spacial score (nSPS) is 13.6. The third-order valence-corrected chi connectivity index (χ3v) is 6.56. The smallest absolute Gasteiger partial charge is 0.210 e. The zero-order chi connectivity index (χ0) is 15.0. The molecule has 0 aliphatic heterocycles. The van der Waals surface area contributed by atoms with Gasteiger partial charge in [0, 0.05) is 11.4 Å². The summed E-state index contributed by atoms with van der Waals surface area (Å²) in [6, 6.07) is 3.65. The van der Waals surface area contributed by atoms with E-state index in [2.05, 4.69) is 25.5 Å². The van der Waals surface area contributed by atoms with E-state index in [9.17, 15) is 8.42 Å². The number of aryl methyl sites for hydroxylation is 1. The Hall–Kier alpha value is -0.390. The van der Waals surface area contributed by atoms with Gasteiger partial charge in [-0.3, -0.25) is 0 Å². The van der Waals surface area contributed by atoms with Gasteiger partial charge >= 0.3 is 0 Å². The first-order chi connectivity index (χ1) is 9.53. The van der Waals surface area contributed by atoms with Crippen molar-refractivity contribution in [2.45, 2.75) is 63.5 Å². The van der Waals surface area contributed by atoms with Crippen LogP contribution in [0.1, 0.15) is 57.8 Å². The van der Waals surface area contributed by atoms with Crippen molar-refractivity contribution in [3.05, 3.63) is 17.0 Å². The molecule has 1 atom stereocenters. The van der Waals surface area contributed by atoms with Gasteiger partial charge in [0.2, 0.25) is 10.0 Å². The van der Waals surface area contributed by atoms with E-state index in [1.54, 1.807) is 6.07 Å². The van der Waals surface area contributed by atoms with Crippen LogP contribution < -0.4 is 4.72 Å². The molecular weight excluding hydrogens is 290 g/mol. The fraction of sp³-hybridized carbons (Fsp3) is 0.733. The molecular formula is C15H27NO2S2. The van der Waals surface area contributed by atoms with Crippen molar-refractivity contribution in [2.24, 2.45) is 5.92 Å². The molecule has 3 nitrogen and oxygen atoms in total. The van der Waals surface area contributed by atoms with E-state index >= 15 is 0 Å². The van der Waals surface area contributed by atoms with Crippen LogP contribution in [0.3, 0.4) is 0 Å². The second-order valence-corrected chi connectivity index (χ2v) is 8.40. The highest BCUT2D eigenvalue weighted by molar-refractivity contribution is 7.91. The summed E-state index contributed by atoms with van der Waals surface area (Å²) in [5.74, 6) is 0.444. The van der Waals surface area contributed by atoms with Crippen molar-refractivity contribution >= 4 is 21.4 Å². The molecule has 0 aliphatic carbocycles. The predicted molar refractivity (Wildman–Crippen MR) is 86.8 cm³/mol. The van der Waals surface area contributed by atoms with Crippen LogP contribution in [0.2, 0.25) is 0 Å². The highest BCUT2D eigenvalue weighted by atomic mass is 32.2. The summed E-state index contributed by atoms with van der Waals surface area (Å²) >= 11 is 1.39. The third kappa shape index (κ3) is 5.54. The summed E-state index contributed by atoms with van der Waals surface area (Å²) in [7, 11) is -3.32. The molecule has 1 unspecified atom stereocenters. The summed E-state index contributed by atoms with van der Waals surface area (Å²) in [6.45, 7) is 6.95. The van der Waals surface area contributed by atoms with E-state index in [4.69, 9.17) is 0 Å². The molecule has 1 heterocycles. The Kier molecular flexibility index (Phi) is 7.77. The van der Waals surface area contributed by atoms with Crippen LogP contribution in [0, 0.1) is 5.92 Å². The summed E-state index contributed by atoms with van der Waals surface area (Å²) in [5.41, 5.74) is 0. The first-order valence-electron chi connectivity index (χ1n) is 7.61. The molecule has 5 heteroatoms. The molecule has 1 rings (SSSR count). The monoisotopic (exact) mass is 317 g/mol. The van der Waals surface area contributed by atoms with Gasteiger partial charge in [-0.05, 0) is 30.9 Å². The number of hydrogen-bond donors (Lipinski definition) is 1. The van der Waals surface area contributed by atoms with E-state index in [1.807, 2.05) is 6.07 Å². The van der Waals surface area contributed by atoms with Gasteiger partial charge in [0.05, 0.1) is 0 Å². The van der Waals surface area contributed by atoms with Gasteiger partial charge in [-0.1, -0.05) is 46.5 Å². The number of unbranched alkanes of at least 4 members (excludes halogenated alkanes) is 1. The maximum atomic E-state index is 12.2. The molecule has 0 amide bonds. The lowest BCUT2D eigenvalue weighted by atomic mass is 10.00. The Morgan fingerprint density at radius 3 is 2.55 bits per heavy atom. The van der Waals surface area contributed by atoms with E-state index in [1.165, 1.54) is 17.8 Å². The minimum absolute atomic E-state index is 0.444. The van der Waals surface area contributed by atoms with Crippen LogP contribution in [0.4, 0.5) is 0 Å². The molecule has 1 N–H and O–H groups in total. The van der Waals surface area contributed by atoms with Crippen molar-refractivity contribution in [3.63, 3.8) is 0 Å². The fourth-order valence-corrected chi connectivity index (χ4v) is 4.74. The lowest BCUT2D eigenvalue weighted by molar-refractivity contribution is 0.444.